The van der Waals surface area contributed by atoms with E-state index in [-0.39, 0.29) is 24.0 Å². The smallest absolute Gasteiger partial charge is 0.341 e. The van der Waals surface area contributed by atoms with Gasteiger partial charge < -0.3 is 19.3 Å². The lowest BCUT2D eigenvalue weighted by atomic mass is 9.74. The summed E-state index contributed by atoms with van der Waals surface area (Å²) in [7, 11) is 0. The predicted molar refractivity (Wildman–Crippen MR) is 185 cm³/mol. The van der Waals surface area contributed by atoms with Gasteiger partial charge in [-0.25, -0.2) is 4.79 Å². The van der Waals surface area contributed by atoms with Gasteiger partial charge in [0, 0.05) is 17.4 Å². The fourth-order valence-corrected chi connectivity index (χ4v) is 6.57. The first-order chi connectivity index (χ1) is 22.1. The van der Waals surface area contributed by atoms with Gasteiger partial charge in [0.2, 0.25) is 0 Å². The van der Waals surface area contributed by atoms with Gasteiger partial charge in [0.25, 0.3) is 0 Å². The largest absolute Gasteiger partial charge is 0.482 e. The van der Waals surface area contributed by atoms with Crippen molar-refractivity contribution < 1.29 is 24.1 Å². The molecule has 0 unspecified atom stereocenters. The number of hydrogen-bond donors (Lipinski definition) is 1. The molecule has 4 aromatic rings. The number of aryl methyl sites for hydroxylation is 2. The van der Waals surface area contributed by atoms with Crippen LogP contribution < -0.4 is 9.47 Å². The number of carboxylic acids is 1. The molecule has 4 aromatic carbocycles. The standard InChI is InChI=1S/C41H46O5/c1-7-8-14-38-35(32-17-15-31(16-18-32)30-12-10-9-11-13-30)24-34(26(2)3)41(46-38)36-23-33(19-20-37(36)44-25-40(42)43)45-39-22-27(4)21-28(5)29(39)6/h9-13,15-23,34-35,38,41H,2,7-8,14,24-25H2,1,3-6H3,(H,42,43)/t34-,35-,38+,41+/m0/s1. The highest BCUT2D eigenvalue weighted by molar-refractivity contribution is 5.68. The molecule has 1 heterocycles. The Bertz CT molecular complexity index is 1660. The third-order valence-electron chi connectivity index (χ3n) is 9.20. The van der Waals surface area contributed by atoms with Crippen molar-refractivity contribution in [2.75, 3.05) is 6.61 Å². The van der Waals surface area contributed by atoms with E-state index in [9.17, 15) is 9.90 Å². The van der Waals surface area contributed by atoms with Gasteiger partial charge in [-0.1, -0.05) is 92.6 Å². The topological polar surface area (TPSA) is 65.0 Å². The van der Waals surface area contributed by atoms with Gasteiger partial charge >= 0.3 is 5.97 Å². The SMILES string of the molecule is C=C(C)[C@@H]1C[C@@H](c2ccc(-c3ccccc3)cc2)[C@@H](CCCC)O[C@H]1c1cc(Oc2cc(C)cc(C)c2C)ccc1OCC(=O)O. The van der Waals surface area contributed by atoms with E-state index in [2.05, 4.69) is 95.8 Å². The zero-order valence-electron chi connectivity index (χ0n) is 27.7. The third-order valence-corrected chi connectivity index (χ3v) is 9.20. The molecule has 4 atom stereocenters. The van der Waals surface area contributed by atoms with Crippen molar-refractivity contribution in [2.24, 2.45) is 5.92 Å². The molecule has 0 saturated carbocycles. The summed E-state index contributed by atoms with van der Waals surface area (Å²) in [6.07, 6.45) is 3.50. The number of carboxylic acid groups (broad SMARTS) is 1. The second kappa shape index (κ2) is 14.8. The lowest BCUT2D eigenvalue weighted by Crippen LogP contribution is -2.36. The monoisotopic (exact) mass is 618 g/mol. The molecule has 240 valence electrons. The minimum atomic E-state index is -1.03. The van der Waals surface area contributed by atoms with Crippen molar-refractivity contribution in [3.63, 3.8) is 0 Å². The Morgan fingerprint density at radius 3 is 2.33 bits per heavy atom. The average Bonchev–Trinajstić information content (AvgIpc) is 3.05. The van der Waals surface area contributed by atoms with Crippen LogP contribution in [0.2, 0.25) is 0 Å². The van der Waals surface area contributed by atoms with Gasteiger partial charge in [-0.05, 0) is 98.2 Å². The van der Waals surface area contributed by atoms with Crippen molar-refractivity contribution in [3.05, 3.63) is 125 Å². The van der Waals surface area contributed by atoms with E-state index in [0.29, 0.717) is 11.5 Å². The average molecular weight is 619 g/mol. The Morgan fingerprint density at radius 1 is 0.935 bits per heavy atom. The second-order valence-corrected chi connectivity index (χ2v) is 12.7. The number of aliphatic carboxylic acids is 1. The number of ether oxygens (including phenoxy) is 3. The van der Waals surface area contributed by atoms with Crippen LogP contribution in [0.25, 0.3) is 11.1 Å². The summed E-state index contributed by atoms with van der Waals surface area (Å²) in [5.74, 6) is 1.08. The molecule has 5 heteroatoms. The van der Waals surface area contributed by atoms with E-state index in [4.69, 9.17) is 14.2 Å². The van der Waals surface area contributed by atoms with E-state index >= 15 is 0 Å². The van der Waals surface area contributed by atoms with E-state index in [1.165, 1.54) is 16.7 Å². The molecule has 46 heavy (non-hydrogen) atoms. The van der Waals surface area contributed by atoms with Crippen LogP contribution in [-0.4, -0.2) is 23.8 Å². The molecule has 1 fully saturated rings. The Balaban J connectivity index is 1.51. The minimum Gasteiger partial charge on any atom is -0.482 e. The van der Waals surface area contributed by atoms with Crippen LogP contribution in [0.3, 0.4) is 0 Å². The maximum Gasteiger partial charge on any atom is 0.341 e. The number of rotatable bonds is 12. The molecule has 1 saturated heterocycles. The van der Waals surface area contributed by atoms with E-state index in [1.54, 1.807) is 6.07 Å². The Morgan fingerprint density at radius 2 is 1.65 bits per heavy atom. The fourth-order valence-electron chi connectivity index (χ4n) is 6.57. The van der Waals surface area contributed by atoms with Crippen molar-refractivity contribution in [2.45, 2.75) is 78.4 Å². The molecule has 0 amide bonds. The first-order valence-electron chi connectivity index (χ1n) is 16.3. The van der Waals surface area contributed by atoms with Gasteiger partial charge in [-0.2, -0.15) is 0 Å². The lowest BCUT2D eigenvalue weighted by molar-refractivity contribution is -0.139. The summed E-state index contributed by atoms with van der Waals surface area (Å²) in [6.45, 7) is 14.4. The molecule has 0 radical (unpaired) electrons. The summed E-state index contributed by atoms with van der Waals surface area (Å²) in [5, 5.41) is 9.45. The summed E-state index contributed by atoms with van der Waals surface area (Å²) < 4.78 is 19.4. The number of benzene rings is 4. The van der Waals surface area contributed by atoms with Crippen LogP contribution in [0.5, 0.6) is 17.2 Å². The zero-order valence-corrected chi connectivity index (χ0v) is 27.7. The highest BCUT2D eigenvalue weighted by atomic mass is 16.5. The molecule has 1 aliphatic rings. The van der Waals surface area contributed by atoms with Crippen LogP contribution in [0.15, 0.2) is 97.1 Å². The third kappa shape index (κ3) is 7.71. The summed E-state index contributed by atoms with van der Waals surface area (Å²) >= 11 is 0. The maximum atomic E-state index is 11.5. The van der Waals surface area contributed by atoms with Gasteiger partial charge in [0.05, 0.1) is 12.2 Å². The van der Waals surface area contributed by atoms with Crippen LogP contribution >= 0.6 is 0 Å². The van der Waals surface area contributed by atoms with Crippen molar-refractivity contribution in [3.8, 4) is 28.4 Å². The Kier molecular flexibility index (Phi) is 10.6. The maximum absolute atomic E-state index is 11.5. The predicted octanol–water partition coefficient (Wildman–Crippen LogP) is 10.5. The Labute approximate surface area is 273 Å². The van der Waals surface area contributed by atoms with Crippen LogP contribution in [0.1, 0.15) is 79.4 Å². The highest BCUT2D eigenvalue weighted by Crippen LogP contribution is 2.50. The molecule has 5 nitrogen and oxygen atoms in total. The molecule has 1 N–H and O–H groups in total. The van der Waals surface area contributed by atoms with E-state index < -0.39 is 12.6 Å². The highest BCUT2D eigenvalue weighted by Gasteiger charge is 2.41. The van der Waals surface area contributed by atoms with Crippen LogP contribution in [0, 0.1) is 26.7 Å². The number of unbranched alkanes of at least 4 members (excludes halogenated alkanes) is 1. The number of hydrogen-bond acceptors (Lipinski definition) is 4. The van der Waals surface area contributed by atoms with Gasteiger partial charge in [0.1, 0.15) is 17.2 Å². The summed E-state index contributed by atoms with van der Waals surface area (Å²) in [4.78, 5) is 11.5. The quantitative estimate of drug-likeness (QED) is 0.160. The van der Waals surface area contributed by atoms with Crippen LogP contribution in [0.4, 0.5) is 0 Å². The molecule has 0 aromatic heterocycles. The van der Waals surface area contributed by atoms with Gasteiger partial charge in [0.15, 0.2) is 6.61 Å². The fraction of sp³-hybridized carbons (Fsp3) is 0.341. The molecule has 0 bridgehead atoms. The first kappa shape index (κ1) is 33.0. The summed E-state index contributed by atoms with van der Waals surface area (Å²) in [6, 6.07) is 29.1. The normalized spacial score (nSPS) is 19.4. The lowest BCUT2D eigenvalue weighted by Gasteiger charge is -2.43. The van der Waals surface area contributed by atoms with E-state index in [1.807, 2.05) is 24.3 Å². The van der Waals surface area contributed by atoms with Crippen molar-refractivity contribution in [1.29, 1.82) is 0 Å². The van der Waals surface area contributed by atoms with Crippen molar-refractivity contribution >= 4 is 5.97 Å². The molecule has 0 spiro atoms. The molecular formula is C41H46O5. The minimum absolute atomic E-state index is 0.0120. The van der Waals surface area contributed by atoms with Crippen molar-refractivity contribution in [1.82, 2.24) is 0 Å². The second-order valence-electron chi connectivity index (χ2n) is 12.7. The van der Waals surface area contributed by atoms with Gasteiger partial charge in [-0.3, -0.25) is 0 Å². The van der Waals surface area contributed by atoms with E-state index in [0.717, 1.165) is 59.3 Å². The molecule has 0 aliphatic carbocycles. The Hall–Kier alpha value is -4.35. The molecule has 5 rings (SSSR count). The molecular weight excluding hydrogens is 572 g/mol. The van der Waals surface area contributed by atoms with Gasteiger partial charge in [-0.15, -0.1) is 0 Å². The number of carbonyl (C=O) groups is 1. The molecule has 1 aliphatic heterocycles. The zero-order chi connectivity index (χ0) is 32.8. The van der Waals surface area contributed by atoms with Crippen LogP contribution in [-0.2, 0) is 9.53 Å². The summed E-state index contributed by atoms with van der Waals surface area (Å²) in [5.41, 5.74) is 8.82. The first-order valence-corrected chi connectivity index (χ1v) is 16.3.